The summed E-state index contributed by atoms with van der Waals surface area (Å²) in [5.41, 5.74) is 1.17. The van der Waals surface area contributed by atoms with Crippen LogP contribution in [0, 0.1) is 0 Å². The Morgan fingerprint density at radius 1 is 0.379 bits per heavy atom. The predicted octanol–water partition coefficient (Wildman–Crippen LogP) is 8.98. The second-order valence-electron chi connectivity index (χ2n) is 8.74. The van der Waals surface area contributed by atoms with Gasteiger partial charge in [-0.2, -0.15) is 0 Å². The molecule has 0 aliphatic rings. The van der Waals surface area contributed by atoms with E-state index in [1.54, 1.807) is 14.2 Å². The highest BCUT2D eigenvalue weighted by molar-refractivity contribution is 6.89. The Morgan fingerprint density at radius 3 is 0.586 bits per heavy atom. The molecule has 0 atom stereocenters. The molecule has 0 aromatic carbocycles. The first-order valence-electron chi connectivity index (χ1n) is 8.16. The van der Waals surface area contributed by atoms with Crippen molar-refractivity contribution < 1.29 is 17.7 Å². The molecular formula is C21H68O4Si4. The summed E-state index contributed by atoms with van der Waals surface area (Å²) in [7, 11) is 2.11. The molecule has 0 saturated heterocycles. The Balaban J connectivity index is -0.0000000283. The third-order valence-electron chi connectivity index (χ3n) is 3.18. The normalized spacial score (nSPS) is 10.1. The lowest BCUT2D eigenvalue weighted by atomic mass is 11.7. The molecule has 0 aliphatic carbocycles. The summed E-state index contributed by atoms with van der Waals surface area (Å²) in [4.78, 5) is 0. The highest BCUT2D eigenvalue weighted by Gasteiger charge is 2.33. The van der Waals surface area contributed by atoms with Crippen LogP contribution in [0.2, 0.25) is 71.1 Å². The highest BCUT2D eigenvalue weighted by atomic mass is 28.4. The molecule has 0 aromatic rings. The van der Waals surface area contributed by atoms with Gasteiger partial charge in [0.05, 0.1) is 0 Å². The van der Waals surface area contributed by atoms with E-state index >= 15 is 0 Å². The van der Waals surface area contributed by atoms with Crippen LogP contribution in [0.3, 0.4) is 0 Å². The zero-order chi connectivity index (χ0) is 19.5. The first-order chi connectivity index (χ1) is 9.95. The molecule has 0 unspecified atom stereocenters. The van der Waals surface area contributed by atoms with Gasteiger partial charge in [-0.15, -0.1) is 0 Å². The fourth-order valence-electron chi connectivity index (χ4n) is 1.17. The van der Waals surface area contributed by atoms with Gasteiger partial charge in [0.25, 0.3) is 0 Å². The first kappa shape index (κ1) is 57.1. The molecule has 4 nitrogen and oxygen atoms in total. The average molecular weight is 497 g/mol. The van der Waals surface area contributed by atoms with Crippen LogP contribution in [0.5, 0.6) is 0 Å². The highest BCUT2D eigenvalue weighted by Crippen LogP contribution is 2.20. The van der Waals surface area contributed by atoms with Gasteiger partial charge in [0.15, 0.2) is 33.3 Å². The van der Waals surface area contributed by atoms with Gasteiger partial charge in [-0.1, -0.05) is 44.6 Å². The van der Waals surface area contributed by atoms with E-state index < -0.39 is 33.3 Å². The summed E-state index contributed by atoms with van der Waals surface area (Å²) < 4.78 is 21.1. The molecule has 0 N–H and O–H groups in total. The zero-order valence-corrected chi connectivity index (χ0v) is 22.3. The second-order valence-corrected chi connectivity index (χ2v) is 27.3. The maximum Gasteiger partial charge on any atom is 0.185 e. The molecule has 0 amide bonds. The molecule has 0 saturated carbocycles. The van der Waals surface area contributed by atoms with Crippen LogP contribution in [0.25, 0.3) is 0 Å². The summed E-state index contributed by atoms with van der Waals surface area (Å²) in [6.45, 7) is 21.9. The van der Waals surface area contributed by atoms with Crippen molar-refractivity contribution in [2.24, 2.45) is 0 Å². The molecule has 0 aliphatic heterocycles. The van der Waals surface area contributed by atoms with Gasteiger partial charge in [0.2, 0.25) is 0 Å². The van der Waals surface area contributed by atoms with Crippen LogP contribution in [0.1, 0.15) is 44.6 Å². The molecule has 8 heteroatoms. The van der Waals surface area contributed by atoms with Crippen LogP contribution in [-0.4, -0.2) is 61.7 Å². The van der Waals surface area contributed by atoms with Crippen molar-refractivity contribution in [3.8, 4) is 0 Å². The lowest BCUT2D eigenvalue weighted by Gasteiger charge is -2.28. The van der Waals surface area contributed by atoms with Crippen molar-refractivity contribution in [3.63, 3.8) is 0 Å². The molecule has 0 aromatic heterocycles. The molecule has 0 bridgehead atoms. The Hall–Kier alpha value is 0.708. The van der Waals surface area contributed by atoms with E-state index in [0.29, 0.717) is 0 Å². The molecule has 0 rings (SSSR count). The lowest BCUT2D eigenvalue weighted by molar-refractivity contribution is 0.388. The van der Waals surface area contributed by atoms with Gasteiger partial charge in [-0.3, -0.25) is 0 Å². The van der Waals surface area contributed by atoms with Gasteiger partial charge in [-0.25, -0.2) is 0 Å². The molecule has 0 fully saturated rings. The Morgan fingerprint density at radius 2 is 0.517 bits per heavy atom. The third-order valence-corrected chi connectivity index (χ3v) is 14.7. The SMILES string of the molecule is C.C.C.C.C.C.CO[Si](C)(C)C.CO[Si](C)(C)C.CO[Si](C)(C)C[Si](C)(C)OC. The summed E-state index contributed by atoms with van der Waals surface area (Å²) in [6.07, 6.45) is 0. The smallest absolute Gasteiger partial charge is 0.185 e. The molecule has 0 spiro atoms. The standard InChI is InChI=1S/C7H20O2Si2.2C4H12OSi.6CH4/c1-8-10(3,4)7-11(5,6)9-2;2*1-5-6(2,3)4;;;;;;/h7H2,1-6H3;2*1-4H3;6*1H4. The van der Waals surface area contributed by atoms with Crippen molar-refractivity contribution in [2.45, 2.75) is 116 Å². The first-order valence-corrected chi connectivity index (χ1v) is 21.2. The van der Waals surface area contributed by atoms with Crippen LogP contribution >= 0.6 is 0 Å². The van der Waals surface area contributed by atoms with E-state index in [9.17, 15) is 0 Å². The topological polar surface area (TPSA) is 36.9 Å². The second kappa shape index (κ2) is 25.0. The molecule has 29 heavy (non-hydrogen) atoms. The van der Waals surface area contributed by atoms with Gasteiger partial charge in [0, 0.05) is 28.4 Å². The average Bonchev–Trinajstić information content (AvgIpc) is 2.37. The minimum Gasteiger partial charge on any atom is -0.421 e. The summed E-state index contributed by atoms with van der Waals surface area (Å²) in [5, 5.41) is 0. The summed E-state index contributed by atoms with van der Waals surface area (Å²) >= 11 is 0. The van der Waals surface area contributed by atoms with E-state index in [1.165, 1.54) is 5.67 Å². The van der Waals surface area contributed by atoms with Crippen molar-refractivity contribution >= 4 is 33.3 Å². The van der Waals surface area contributed by atoms with E-state index in [2.05, 4.69) is 65.5 Å². The van der Waals surface area contributed by atoms with E-state index in [1.807, 2.05) is 14.2 Å². The maximum atomic E-state index is 5.47. The maximum absolute atomic E-state index is 5.47. The molecule has 0 heterocycles. The van der Waals surface area contributed by atoms with Crippen LogP contribution in [-0.2, 0) is 17.7 Å². The Bertz CT molecular complexity index is 259. The minimum absolute atomic E-state index is 0. The van der Waals surface area contributed by atoms with Crippen molar-refractivity contribution in [1.29, 1.82) is 0 Å². The number of hydrogen-bond acceptors (Lipinski definition) is 4. The summed E-state index contributed by atoms with van der Waals surface area (Å²) in [5.74, 6) is 0. The van der Waals surface area contributed by atoms with E-state index in [-0.39, 0.29) is 44.6 Å². The number of hydrogen-bond donors (Lipinski definition) is 0. The van der Waals surface area contributed by atoms with Crippen LogP contribution in [0.15, 0.2) is 0 Å². The fourth-order valence-corrected chi connectivity index (χ4v) is 10.5. The lowest BCUT2D eigenvalue weighted by Crippen LogP contribution is -2.42. The number of rotatable bonds is 6. The Labute approximate surface area is 195 Å². The van der Waals surface area contributed by atoms with Crippen LogP contribution < -0.4 is 0 Å². The molecule has 192 valence electrons. The van der Waals surface area contributed by atoms with Crippen molar-refractivity contribution in [1.82, 2.24) is 0 Å². The third kappa shape index (κ3) is 58.5. The summed E-state index contributed by atoms with van der Waals surface area (Å²) in [6, 6.07) is 0. The largest absolute Gasteiger partial charge is 0.421 e. The van der Waals surface area contributed by atoms with Gasteiger partial charge in [0.1, 0.15) is 0 Å². The predicted molar refractivity (Wildman–Crippen MR) is 155 cm³/mol. The van der Waals surface area contributed by atoms with Gasteiger partial charge >= 0.3 is 0 Å². The van der Waals surface area contributed by atoms with E-state index in [0.717, 1.165) is 0 Å². The Kier molecular flexibility index (Phi) is 49.2. The van der Waals surface area contributed by atoms with Crippen molar-refractivity contribution in [3.05, 3.63) is 0 Å². The van der Waals surface area contributed by atoms with Crippen LogP contribution in [0.4, 0.5) is 0 Å². The van der Waals surface area contributed by atoms with Gasteiger partial charge < -0.3 is 17.7 Å². The van der Waals surface area contributed by atoms with E-state index in [4.69, 9.17) is 17.7 Å². The van der Waals surface area contributed by atoms with Crippen molar-refractivity contribution in [2.75, 3.05) is 28.4 Å². The fraction of sp³-hybridized carbons (Fsp3) is 1.00. The zero-order valence-electron chi connectivity index (χ0n) is 18.3. The minimum atomic E-state index is -1.40. The molecule has 0 radical (unpaired) electrons. The molecular weight excluding hydrogens is 429 g/mol. The quantitative estimate of drug-likeness (QED) is 0.344. The van der Waals surface area contributed by atoms with Gasteiger partial charge in [-0.05, 0) is 71.1 Å². The monoisotopic (exact) mass is 496 g/mol.